The molecule has 218 valence electrons. The van der Waals surface area contributed by atoms with Gasteiger partial charge in [-0.3, -0.25) is 14.5 Å². The number of amides is 2. The van der Waals surface area contributed by atoms with Gasteiger partial charge in [-0.05, 0) is 23.3 Å². The van der Waals surface area contributed by atoms with E-state index in [1.54, 1.807) is 23.9 Å². The first-order valence-corrected chi connectivity index (χ1v) is 13.1. The molecule has 0 aliphatic carbocycles. The summed E-state index contributed by atoms with van der Waals surface area (Å²) < 4.78 is 47.7. The summed E-state index contributed by atoms with van der Waals surface area (Å²) in [5, 5.41) is 10.5. The van der Waals surface area contributed by atoms with Crippen molar-refractivity contribution in [2.24, 2.45) is 0 Å². The van der Waals surface area contributed by atoms with Gasteiger partial charge < -0.3 is 15.0 Å². The Balaban J connectivity index is 1.10. The normalized spacial score (nSPS) is 17.3. The third kappa shape index (κ3) is 5.68. The molecule has 2 aliphatic heterocycles. The summed E-state index contributed by atoms with van der Waals surface area (Å²) in [6.45, 7) is 1.75. The molecular formula is C27H26F3N9O3. The van der Waals surface area contributed by atoms with Gasteiger partial charge in [-0.2, -0.15) is 13.2 Å². The van der Waals surface area contributed by atoms with Crippen LogP contribution in [-0.2, 0) is 37.1 Å². The summed E-state index contributed by atoms with van der Waals surface area (Å²) in [5.41, 5.74) is 2.34. The Kier molecular flexibility index (Phi) is 7.10. The Morgan fingerprint density at radius 3 is 2.67 bits per heavy atom. The quantitative estimate of drug-likeness (QED) is 0.368. The van der Waals surface area contributed by atoms with Gasteiger partial charge in [0.05, 0.1) is 25.3 Å². The van der Waals surface area contributed by atoms with E-state index in [-0.39, 0.29) is 37.3 Å². The maximum Gasteiger partial charge on any atom is 0.453 e. The van der Waals surface area contributed by atoms with Gasteiger partial charge in [-0.1, -0.05) is 36.4 Å². The van der Waals surface area contributed by atoms with Crippen LogP contribution < -0.4 is 15.0 Å². The second-order valence-corrected chi connectivity index (χ2v) is 10.1. The van der Waals surface area contributed by atoms with Crippen molar-refractivity contribution in [1.82, 2.24) is 39.7 Å². The molecule has 4 heterocycles. The molecule has 1 N–H and O–H groups in total. The summed E-state index contributed by atoms with van der Waals surface area (Å²) in [7, 11) is 1.59. The largest absolute Gasteiger partial charge is 0.489 e. The Morgan fingerprint density at radius 2 is 1.88 bits per heavy atom. The Hall–Kier alpha value is -4.79. The standard InChI is InChI=1S/C27H26F3N9O3/c1-36-20-11-18(12-37-9-10-39-22(14-37)33-26(35-39)27(28,29)30)7-8-21(20)42-15-19(25(36)41)32-24(40)23-31-16-38(34-23)13-17-5-3-2-4-6-17/h2-8,11,16,19H,9-10,12-15H2,1H3,(H,32,40)/t19-/m0/s1. The lowest BCUT2D eigenvalue weighted by Gasteiger charge is -2.27. The Bertz CT molecular complexity index is 1620. The number of benzene rings is 2. The van der Waals surface area contributed by atoms with Crippen LogP contribution in [0.25, 0.3) is 0 Å². The number of ether oxygens (including phenoxy) is 1. The minimum atomic E-state index is -4.60. The highest BCUT2D eigenvalue weighted by molar-refractivity contribution is 6.02. The molecule has 0 spiro atoms. The molecule has 1 atom stereocenters. The Morgan fingerprint density at radius 1 is 1.07 bits per heavy atom. The molecule has 0 fully saturated rings. The first kappa shape index (κ1) is 27.4. The number of nitrogens with one attached hydrogen (secondary N) is 1. The summed E-state index contributed by atoms with van der Waals surface area (Å²) >= 11 is 0. The van der Waals surface area contributed by atoms with Crippen LogP contribution in [0.2, 0.25) is 0 Å². The van der Waals surface area contributed by atoms with E-state index in [1.165, 1.54) is 15.9 Å². The minimum absolute atomic E-state index is 0.0647. The molecular weight excluding hydrogens is 555 g/mol. The van der Waals surface area contributed by atoms with Gasteiger partial charge in [-0.25, -0.2) is 19.3 Å². The predicted octanol–water partition coefficient (Wildman–Crippen LogP) is 2.11. The predicted molar refractivity (Wildman–Crippen MR) is 141 cm³/mol. The van der Waals surface area contributed by atoms with Gasteiger partial charge >= 0.3 is 6.18 Å². The molecule has 15 heteroatoms. The van der Waals surface area contributed by atoms with Gasteiger partial charge in [0.15, 0.2) is 0 Å². The Labute approximate surface area is 237 Å². The topological polar surface area (TPSA) is 123 Å². The zero-order valence-corrected chi connectivity index (χ0v) is 22.5. The number of rotatable bonds is 6. The van der Waals surface area contributed by atoms with Crippen LogP contribution in [-0.4, -0.2) is 72.5 Å². The third-order valence-electron chi connectivity index (χ3n) is 7.05. The average Bonchev–Trinajstić information content (AvgIpc) is 3.60. The highest BCUT2D eigenvalue weighted by Crippen LogP contribution is 2.33. The fourth-order valence-corrected chi connectivity index (χ4v) is 4.91. The van der Waals surface area contributed by atoms with Crippen LogP contribution >= 0.6 is 0 Å². The van der Waals surface area contributed by atoms with Crippen molar-refractivity contribution in [3.63, 3.8) is 0 Å². The third-order valence-corrected chi connectivity index (χ3v) is 7.05. The van der Waals surface area contributed by atoms with E-state index in [2.05, 4.69) is 25.5 Å². The van der Waals surface area contributed by atoms with E-state index in [0.29, 0.717) is 31.1 Å². The van der Waals surface area contributed by atoms with E-state index in [1.807, 2.05) is 41.3 Å². The van der Waals surface area contributed by atoms with Crippen molar-refractivity contribution in [3.8, 4) is 5.75 Å². The van der Waals surface area contributed by atoms with Crippen LogP contribution in [0.3, 0.4) is 0 Å². The number of anilines is 1. The van der Waals surface area contributed by atoms with E-state index in [0.717, 1.165) is 11.1 Å². The number of carbonyl (C=O) groups excluding carboxylic acids is 2. The number of nitrogens with zero attached hydrogens (tertiary/aromatic N) is 8. The van der Waals surface area contributed by atoms with Crippen LogP contribution in [0.4, 0.5) is 18.9 Å². The summed E-state index contributed by atoms with van der Waals surface area (Å²) in [6.07, 6.45) is -3.14. The SMILES string of the molecule is CN1C(=O)[C@@H](NC(=O)c2ncn(Cc3ccccc3)n2)COc2ccc(CN3CCn4nc(C(F)(F)F)nc4C3)cc21. The molecule has 2 aromatic heterocycles. The molecule has 4 aromatic rings. The van der Waals surface area contributed by atoms with Crippen LogP contribution in [0.1, 0.15) is 33.4 Å². The summed E-state index contributed by atoms with van der Waals surface area (Å²) in [5.74, 6) is -1.48. The second-order valence-electron chi connectivity index (χ2n) is 10.1. The highest BCUT2D eigenvalue weighted by Gasteiger charge is 2.38. The van der Waals surface area contributed by atoms with Crippen LogP contribution in [0.15, 0.2) is 54.9 Å². The van der Waals surface area contributed by atoms with Crippen molar-refractivity contribution in [2.45, 2.75) is 38.4 Å². The molecule has 12 nitrogen and oxygen atoms in total. The fraction of sp³-hybridized carbons (Fsp3) is 0.333. The number of alkyl halides is 3. The maximum atomic E-state index is 13.3. The number of hydrogen-bond donors (Lipinski definition) is 1. The maximum absolute atomic E-state index is 13.3. The second kappa shape index (κ2) is 10.9. The van der Waals surface area contributed by atoms with Crippen molar-refractivity contribution in [1.29, 1.82) is 0 Å². The monoisotopic (exact) mass is 581 g/mol. The zero-order chi connectivity index (χ0) is 29.4. The van der Waals surface area contributed by atoms with Crippen molar-refractivity contribution >= 4 is 17.5 Å². The molecule has 42 heavy (non-hydrogen) atoms. The smallest absolute Gasteiger partial charge is 0.453 e. The molecule has 2 aromatic carbocycles. The molecule has 2 aliphatic rings. The van der Waals surface area contributed by atoms with Gasteiger partial charge in [0, 0.05) is 20.1 Å². The lowest BCUT2D eigenvalue weighted by atomic mass is 10.1. The molecule has 0 saturated carbocycles. The number of carbonyl (C=O) groups is 2. The molecule has 0 saturated heterocycles. The van der Waals surface area contributed by atoms with Crippen molar-refractivity contribution < 1.29 is 27.5 Å². The van der Waals surface area contributed by atoms with Gasteiger partial charge in [0.25, 0.3) is 17.6 Å². The van der Waals surface area contributed by atoms with Crippen LogP contribution in [0.5, 0.6) is 5.75 Å². The van der Waals surface area contributed by atoms with Crippen LogP contribution in [0, 0.1) is 0 Å². The van der Waals surface area contributed by atoms with Crippen molar-refractivity contribution in [2.75, 3.05) is 25.1 Å². The van der Waals surface area contributed by atoms with Crippen molar-refractivity contribution in [3.05, 3.63) is 83.5 Å². The molecule has 0 unspecified atom stereocenters. The zero-order valence-electron chi connectivity index (χ0n) is 22.5. The van der Waals surface area contributed by atoms with E-state index < -0.39 is 23.9 Å². The first-order valence-electron chi connectivity index (χ1n) is 13.1. The van der Waals surface area contributed by atoms with E-state index in [4.69, 9.17) is 4.74 Å². The summed E-state index contributed by atoms with van der Waals surface area (Å²) in [6, 6.07) is 14.0. The number of likely N-dealkylation sites (N-methyl/N-ethyl adjacent to an activating group) is 1. The average molecular weight is 582 g/mol. The summed E-state index contributed by atoms with van der Waals surface area (Å²) in [4.78, 5) is 37.3. The molecule has 0 bridgehead atoms. The van der Waals surface area contributed by atoms with Gasteiger partial charge in [-0.15, -0.1) is 10.2 Å². The first-order chi connectivity index (χ1) is 20.1. The highest BCUT2D eigenvalue weighted by atomic mass is 19.4. The molecule has 2 amide bonds. The molecule has 6 rings (SSSR count). The minimum Gasteiger partial charge on any atom is -0.489 e. The number of aromatic nitrogens is 6. The van der Waals surface area contributed by atoms with Gasteiger partial charge in [0.2, 0.25) is 5.82 Å². The number of hydrogen-bond acceptors (Lipinski definition) is 8. The molecule has 0 radical (unpaired) electrons. The van der Waals surface area contributed by atoms with Gasteiger partial charge in [0.1, 0.15) is 30.5 Å². The fourth-order valence-electron chi connectivity index (χ4n) is 4.91. The number of halogens is 3. The van der Waals surface area contributed by atoms with E-state index >= 15 is 0 Å². The van der Waals surface area contributed by atoms with E-state index in [9.17, 15) is 22.8 Å². The number of fused-ring (bicyclic) bond motifs is 2. The lowest BCUT2D eigenvalue weighted by Crippen LogP contribution is -2.49. The lowest BCUT2D eigenvalue weighted by molar-refractivity contribution is -0.145.